The van der Waals surface area contributed by atoms with E-state index in [9.17, 15) is 9.59 Å². The van der Waals surface area contributed by atoms with E-state index in [2.05, 4.69) is 4.90 Å². The molecule has 0 radical (unpaired) electrons. The van der Waals surface area contributed by atoms with Gasteiger partial charge in [-0.15, -0.1) is 0 Å². The molecule has 1 amide bonds. The smallest absolute Gasteiger partial charge is 0.331 e. The van der Waals surface area contributed by atoms with Gasteiger partial charge in [0.1, 0.15) is 6.54 Å². The predicted octanol–water partition coefficient (Wildman–Crippen LogP) is 2.14. The zero-order valence-electron chi connectivity index (χ0n) is 16.9. The van der Waals surface area contributed by atoms with Crippen molar-refractivity contribution in [2.45, 2.75) is 6.54 Å². The van der Waals surface area contributed by atoms with E-state index >= 15 is 0 Å². The molecule has 0 N–H and O–H groups in total. The predicted molar refractivity (Wildman–Crippen MR) is 114 cm³/mol. The van der Waals surface area contributed by atoms with Crippen LogP contribution in [0.4, 0.5) is 5.69 Å². The number of fused-ring (bicyclic) bond motifs is 2. The maximum absolute atomic E-state index is 12.9. The van der Waals surface area contributed by atoms with Gasteiger partial charge in [-0.3, -0.25) is 9.69 Å². The van der Waals surface area contributed by atoms with E-state index in [0.29, 0.717) is 29.5 Å². The van der Waals surface area contributed by atoms with Crippen molar-refractivity contribution < 1.29 is 23.8 Å². The Morgan fingerprint density at radius 2 is 1.74 bits per heavy atom. The van der Waals surface area contributed by atoms with Gasteiger partial charge in [-0.25, -0.2) is 4.79 Å². The van der Waals surface area contributed by atoms with E-state index in [-0.39, 0.29) is 31.8 Å². The Bertz CT molecular complexity index is 1020. The van der Waals surface area contributed by atoms with Crippen molar-refractivity contribution in [3.8, 4) is 17.2 Å². The number of carbonyl (C=O) groups is 2. The molecule has 3 heterocycles. The number of anilines is 1. The fourth-order valence-electron chi connectivity index (χ4n) is 4.08. The number of ether oxygens (including phenoxy) is 3. The summed E-state index contributed by atoms with van der Waals surface area (Å²) in [4.78, 5) is 30.7. The lowest BCUT2D eigenvalue weighted by molar-refractivity contribution is -0.134. The molecule has 3 aliphatic heterocycles. The van der Waals surface area contributed by atoms with Crippen LogP contribution >= 0.6 is 11.6 Å². The highest BCUT2D eigenvalue weighted by atomic mass is 35.5. The van der Waals surface area contributed by atoms with Gasteiger partial charge < -0.3 is 24.0 Å². The number of halogens is 1. The van der Waals surface area contributed by atoms with Crippen molar-refractivity contribution in [2.24, 2.45) is 0 Å². The van der Waals surface area contributed by atoms with Crippen LogP contribution in [0.25, 0.3) is 0 Å². The van der Waals surface area contributed by atoms with Crippen LogP contribution in [0.1, 0.15) is 5.56 Å². The average molecular weight is 444 g/mol. The molecule has 5 rings (SSSR count). The lowest BCUT2D eigenvalue weighted by atomic mass is 10.1. The molecule has 8 nitrogen and oxygen atoms in total. The van der Waals surface area contributed by atoms with Gasteiger partial charge in [0.2, 0.25) is 12.7 Å². The summed E-state index contributed by atoms with van der Waals surface area (Å²) < 4.78 is 16.1. The first-order chi connectivity index (χ1) is 15.0. The number of hydrogen-bond donors (Lipinski definition) is 0. The summed E-state index contributed by atoms with van der Waals surface area (Å²) in [7, 11) is 0. The fraction of sp³-hybridized carbons (Fsp3) is 0.364. The Morgan fingerprint density at radius 1 is 0.968 bits per heavy atom. The van der Waals surface area contributed by atoms with E-state index in [1.54, 1.807) is 23.1 Å². The molecule has 1 saturated heterocycles. The van der Waals surface area contributed by atoms with Crippen molar-refractivity contribution in [3.63, 3.8) is 0 Å². The Morgan fingerprint density at radius 3 is 2.58 bits per heavy atom. The second-order valence-electron chi connectivity index (χ2n) is 7.79. The number of benzene rings is 2. The molecule has 2 aromatic carbocycles. The summed E-state index contributed by atoms with van der Waals surface area (Å²) in [5.74, 6) is 1.61. The molecule has 0 aliphatic carbocycles. The number of piperazine rings is 1. The zero-order chi connectivity index (χ0) is 21.4. The Hall–Kier alpha value is -2.97. The van der Waals surface area contributed by atoms with E-state index in [1.807, 2.05) is 23.1 Å². The normalized spacial score (nSPS) is 18.0. The number of rotatable bonds is 4. The molecular weight excluding hydrogens is 422 g/mol. The lowest BCUT2D eigenvalue weighted by Crippen LogP contribution is -2.52. The molecule has 0 aromatic heterocycles. The summed E-state index contributed by atoms with van der Waals surface area (Å²) >= 11 is 6.09. The summed E-state index contributed by atoms with van der Waals surface area (Å²) in [6.45, 7) is 4.06. The molecule has 1 fully saturated rings. The van der Waals surface area contributed by atoms with Crippen LogP contribution in [0, 0.1) is 0 Å². The number of nitrogens with zero attached hydrogens (tertiary/aromatic N) is 3. The highest BCUT2D eigenvalue weighted by Gasteiger charge is 2.29. The molecule has 0 saturated carbocycles. The minimum absolute atomic E-state index is 0.0108. The van der Waals surface area contributed by atoms with E-state index in [1.165, 1.54) is 0 Å². The minimum atomic E-state index is -0.379. The maximum atomic E-state index is 12.9. The second-order valence-corrected chi connectivity index (χ2v) is 8.22. The highest BCUT2D eigenvalue weighted by molar-refractivity contribution is 6.31. The molecule has 162 valence electrons. The molecule has 0 unspecified atom stereocenters. The topological polar surface area (TPSA) is 71.6 Å². The lowest BCUT2D eigenvalue weighted by Gasteiger charge is -2.36. The molecule has 9 heteroatoms. The van der Waals surface area contributed by atoms with Gasteiger partial charge in [-0.05, 0) is 35.9 Å². The quantitative estimate of drug-likeness (QED) is 0.529. The number of carbonyl (C=O) groups excluding carboxylic acids is 2. The summed E-state index contributed by atoms with van der Waals surface area (Å²) in [5.41, 5.74) is 1.83. The Balaban J connectivity index is 1.17. The monoisotopic (exact) mass is 443 g/mol. The second kappa shape index (κ2) is 8.28. The molecule has 0 spiro atoms. The van der Waals surface area contributed by atoms with Crippen LogP contribution in [-0.2, 0) is 16.1 Å². The van der Waals surface area contributed by atoms with Crippen LogP contribution in [0.2, 0.25) is 5.02 Å². The third kappa shape index (κ3) is 4.26. The van der Waals surface area contributed by atoms with E-state index in [4.69, 9.17) is 25.8 Å². The fourth-order valence-corrected chi connectivity index (χ4v) is 4.24. The molecule has 2 aromatic rings. The average Bonchev–Trinajstić information content (AvgIpc) is 3.22. The van der Waals surface area contributed by atoms with Crippen LogP contribution < -0.4 is 19.1 Å². The van der Waals surface area contributed by atoms with E-state index < -0.39 is 0 Å². The number of esters is 1. The van der Waals surface area contributed by atoms with Gasteiger partial charge in [-0.2, -0.15) is 0 Å². The van der Waals surface area contributed by atoms with E-state index in [0.717, 1.165) is 36.7 Å². The van der Waals surface area contributed by atoms with Gasteiger partial charge in [0.05, 0.1) is 12.2 Å². The summed E-state index contributed by atoms with van der Waals surface area (Å²) in [6.07, 6.45) is 0. The molecule has 0 atom stereocenters. The van der Waals surface area contributed by atoms with Crippen molar-refractivity contribution >= 4 is 29.2 Å². The van der Waals surface area contributed by atoms with Gasteiger partial charge in [-0.1, -0.05) is 17.7 Å². The largest absolute Gasteiger partial charge is 0.454 e. The summed E-state index contributed by atoms with van der Waals surface area (Å²) in [5, 5.41) is 0.534. The van der Waals surface area contributed by atoms with Crippen molar-refractivity contribution in [1.82, 2.24) is 9.80 Å². The van der Waals surface area contributed by atoms with Crippen molar-refractivity contribution in [2.75, 3.05) is 51.0 Å². The minimum Gasteiger partial charge on any atom is -0.454 e. The first-order valence-electron chi connectivity index (χ1n) is 10.2. The highest BCUT2D eigenvalue weighted by Crippen LogP contribution is 2.35. The van der Waals surface area contributed by atoms with Gasteiger partial charge in [0.15, 0.2) is 17.2 Å². The Kier molecular flexibility index (Phi) is 5.33. The SMILES string of the molecule is O=C1CN(CC(=O)N2CCN(Cc3ccc4c(c3)OCO4)CC2)c2cc(Cl)ccc2O1. The van der Waals surface area contributed by atoms with Crippen molar-refractivity contribution in [1.29, 1.82) is 0 Å². The summed E-state index contributed by atoms with van der Waals surface area (Å²) in [6, 6.07) is 11.0. The van der Waals surface area contributed by atoms with Gasteiger partial charge in [0, 0.05) is 37.7 Å². The standard InChI is InChI=1S/C22H22ClN3O5/c23-16-2-4-18-17(10-16)26(13-22(28)31-18)12-21(27)25-7-5-24(6-8-25)11-15-1-3-19-20(9-15)30-14-29-19/h1-4,9-10H,5-8,11-14H2. The van der Waals surface area contributed by atoms with Crippen LogP contribution in [0.15, 0.2) is 36.4 Å². The number of hydrogen-bond acceptors (Lipinski definition) is 7. The van der Waals surface area contributed by atoms with Gasteiger partial charge in [0.25, 0.3) is 0 Å². The number of amides is 1. The molecule has 3 aliphatic rings. The third-order valence-corrected chi connectivity index (χ3v) is 5.93. The maximum Gasteiger partial charge on any atom is 0.331 e. The molecule has 31 heavy (non-hydrogen) atoms. The first kappa shape index (κ1) is 20.0. The third-order valence-electron chi connectivity index (χ3n) is 5.70. The zero-order valence-corrected chi connectivity index (χ0v) is 17.6. The van der Waals surface area contributed by atoms with Crippen LogP contribution in [-0.4, -0.2) is 67.7 Å². The van der Waals surface area contributed by atoms with Crippen molar-refractivity contribution in [3.05, 3.63) is 47.0 Å². The van der Waals surface area contributed by atoms with Gasteiger partial charge >= 0.3 is 5.97 Å². The first-order valence-corrected chi connectivity index (χ1v) is 10.6. The van der Waals surface area contributed by atoms with Crippen LogP contribution in [0.5, 0.6) is 17.2 Å². The molecular formula is C22H22ClN3O5. The molecule has 0 bridgehead atoms. The van der Waals surface area contributed by atoms with Crippen LogP contribution in [0.3, 0.4) is 0 Å². The Labute approximate surface area is 184 Å².